The molecule has 158 valence electrons. The van der Waals surface area contributed by atoms with Gasteiger partial charge >= 0.3 is 0 Å². The molecule has 8 nitrogen and oxygen atoms in total. The van der Waals surface area contributed by atoms with Crippen LogP contribution in [0.5, 0.6) is 0 Å². The van der Waals surface area contributed by atoms with Crippen LogP contribution in [0.4, 0.5) is 0 Å². The van der Waals surface area contributed by atoms with E-state index in [0.29, 0.717) is 50.4 Å². The van der Waals surface area contributed by atoms with E-state index in [1.807, 2.05) is 47.4 Å². The van der Waals surface area contributed by atoms with Crippen LogP contribution in [-0.2, 0) is 16.1 Å². The molecule has 3 fully saturated rings. The summed E-state index contributed by atoms with van der Waals surface area (Å²) in [7, 11) is 0. The van der Waals surface area contributed by atoms with Crippen molar-refractivity contribution in [2.45, 2.75) is 37.6 Å². The van der Waals surface area contributed by atoms with E-state index in [1.54, 1.807) is 15.8 Å². The summed E-state index contributed by atoms with van der Waals surface area (Å²) in [5, 5.41) is 5.42. The van der Waals surface area contributed by atoms with Crippen molar-refractivity contribution in [1.82, 2.24) is 24.6 Å². The van der Waals surface area contributed by atoms with Crippen LogP contribution in [0.1, 0.15) is 35.3 Å². The first-order valence-electron chi connectivity index (χ1n) is 10.8. The Kier molecular flexibility index (Phi) is 4.11. The van der Waals surface area contributed by atoms with Gasteiger partial charge in [-0.25, -0.2) is 9.67 Å². The lowest BCUT2D eigenvalue weighted by molar-refractivity contribution is -0.179. The molecule has 1 aromatic carbocycles. The number of carbonyl (C=O) groups is 2. The Morgan fingerprint density at radius 2 is 2.03 bits per heavy atom. The average molecular weight is 417 g/mol. The SMILES string of the molecule is O=C(c1nn(Cc2ccccc2)c2ncccc12)N1CC[C@@]23OCCCN2C(=O)C[C@@H]13. The number of hydrogen-bond acceptors (Lipinski definition) is 5. The molecule has 2 amide bonds. The van der Waals surface area contributed by atoms with Gasteiger partial charge in [0.2, 0.25) is 5.91 Å². The number of nitrogens with zero attached hydrogens (tertiary/aromatic N) is 5. The van der Waals surface area contributed by atoms with Gasteiger partial charge in [-0.05, 0) is 24.1 Å². The highest BCUT2D eigenvalue weighted by Crippen LogP contribution is 2.45. The maximum absolute atomic E-state index is 13.7. The molecule has 5 heterocycles. The first kappa shape index (κ1) is 18.5. The van der Waals surface area contributed by atoms with E-state index >= 15 is 0 Å². The molecule has 8 heteroatoms. The molecule has 0 bridgehead atoms. The molecule has 3 saturated heterocycles. The largest absolute Gasteiger partial charge is 0.353 e. The van der Waals surface area contributed by atoms with Crippen LogP contribution in [0, 0.1) is 0 Å². The molecule has 3 aromatic rings. The summed E-state index contributed by atoms with van der Waals surface area (Å²) in [5.74, 6) is -0.0844. The Morgan fingerprint density at radius 1 is 1.16 bits per heavy atom. The zero-order valence-electron chi connectivity index (χ0n) is 17.1. The van der Waals surface area contributed by atoms with Gasteiger partial charge in [-0.3, -0.25) is 9.59 Å². The molecule has 0 radical (unpaired) electrons. The number of rotatable bonds is 3. The van der Waals surface area contributed by atoms with Gasteiger partial charge in [-0.2, -0.15) is 5.10 Å². The first-order chi connectivity index (χ1) is 15.2. The summed E-state index contributed by atoms with van der Waals surface area (Å²) in [4.78, 5) is 34.4. The van der Waals surface area contributed by atoms with Crippen molar-refractivity contribution in [2.75, 3.05) is 19.7 Å². The van der Waals surface area contributed by atoms with E-state index in [4.69, 9.17) is 4.74 Å². The van der Waals surface area contributed by atoms with E-state index < -0.39 is 5.72 Å². The minimum absolute atomic E-state index is 0.0725. The van der Waals surface area contributed by atoms with Crippen LogP contribution in [0.25, 0.3) is 11.0 Å². The Hall–Kier alpha value is -3.26. The molecule has 3 aliphatic rings. The van der Waals surface area contributed by atoms with E-state index in [9.17, 15) is 9.59 Å². The zero-order chi connectivity index (χ0) is 21.0. The van der Waals surface area contributed by atoms with Gasteiger partial charge in [-0.15, -0.1) is 0 Å². The number of ether oxygens (including phenoxy) is 1. The predicted molar refractivity (Wildman–Crippen MR) is 112 cm³/mol. The average Bonchev–Trinajstić information content (AvgIpc) is 3.42. The first-order valence-corrected chi connectivity index (χ1v) is 10.8. The van der Waals surface area contributed by atoms with Crippen LogP contribution in [0.3, 0.4) is 0 Å². The molecule has 0 N–H and O–H groups in total. The van der Waals surface area contributed by atoms with Crippen molar-refractivity contribution in [1.29, 1.82) is 0 Å². The van der Waals surface area contributed by atoms with Gasteiger partial charge in [0.25, 0.3) is 5.91 Å². The van der Waals surface area contributed by atoms with E-state index in [0.717, 1.165) is 17.4 Å². The quantitative estimate of drug-likeness (QED) is 0.652. The van der Waals surface area contributed by atoms with E-state index in [-0.39, 0.29) is 17.9 Å². The van der Waals surface area contributed by atoms with Gasteiger partial charge in [0.1, 0.15) is 0 Å². The number of pyridine rings is 1. The third-order valence-electron chi connectivity index (χ3n) is 6.76. The summed E-state index contributed by atoms with van der Waals surface area (Å²) in [6.07, 6.45) is 3.52. The fourth-order valence-corrected chi connectivity index (χ4v) is 5.36. The lowest BCUT2D eigenvalue weighted by Gasteiger charge is -2.42. The molecule has 3 aliphatic heterocycles. The van der Waals surface area contributed by atoms with Crippen molar-refractivity contribution in [3.63, 3.8) is 0 Å². The second kappa shape index (κ2) is 6.88. The van der Waals surface area contributed by atoms with Crippen molar-refractivity contribution in [3.8, 4) is 0 Å². The van der Waals surface area contributed by atoms with Crippen molar-refractivity contribution in [3.05, 3.63) is 59.9 Å². The smallest absolute Gasteiger partial charge is 0.275 e. The summed E-state index contributed by atoms with van der Waals surface area (Å²) in [6.45, 7) is 2.42. The second-order valence-electron chi connectivity index (χ2n) is 8.43. The molecular weight excluding hydrogens is 394 g/mol. The molecule has 2 aromatic heterocycles. The Morgan fingerprint density at radius 3 is 2.90 bits per heavy atom. The molecule has 0 saturated carbocycles. The third kappa shape index (κ3) is 2.71. The molecule has 1 spiro atoms. The normalized spacial score (nSPS) is 25.2. The predicted octanol–water partition coefficient (Wildman–Crippen LogP) is 2.04. The fraction of sp³-hybridized carbons (Fsp3) is 0.391. The van der Waals surface area contributed by atoms with Crippen LogP contribution >= 0.6 is 0 Å². The summed E-state index contributed by atoms with van der Waals surface area (Å²) in [6, 6.07) is 13.4. The van der Waals surface area contributed by atoms with Gasteiger partial charge in [0, 0.05) is 25.7 Å². The molecule has 0 aliphatic carbocycles. The second-order valence-corrected chi connectivity index (χ2v) is 8.43. The lowest BCUT2D eigenvalue weighted by Crippen LogP contribution is -2.56. The maximum atomic E-state index is 13.7. The van der Waals surface area contributed by atoms with Crippen molar-refractivity contribution < 1.29 is 14.3 Å². The summed E-state index contributed by atoms with van der Waals surface area (Å²) >= 11 is 0. The number of likely N-dealkylation sites (tertiary alicyclic amines) is 1. The highest BCUT2D eigenvalue weighted by molar-refractivity contribution is 6.04. The van der Waals surface area contributed by atoms with Crippen molar-refractivity contribution >= 4 is 22.8 Å². The zero-order valence-corrected chi connectivity index (χ0v) is 17.1. The topological polar surface area (TPSA) is 80.6 Å². The van der Waals surface area contributed by atoms with Crippen LogP contribution < -0.4 is 0 Å². The highest BCUT2D eigenvalue weighted by atomic mass is 16.5. The number of amides is 2. The van der Waals surface area contributed by atoms with Gasteiger partial charge < -0.3 is 14.5 Å². The summed E-state index contributed by atoms with van der Waals surface area (Å²) < 4.78 is 7.93. The number of hydrogen-bond donors (Lipinski definition) is 0. The standard InChI is InChI=1S/C23H23N5O3/c29-19-14-18-23(27(19)11-5-13-31-23)9-12-26(18)22(30)20-17-8-4-10-24-21(17)28(25-20)15-16-6-2-1-3-7-16/h1-4,6-8,10,18H,5,9,11-15H2/t18-,23+/m1/s1. The Balaban J connectivity index is 1.37. The lowest BCUT2D eigenvalue weighted by atomic mass is 10.0. The van der Waals surface area contributed by atoms with Gasteiger partial charge in [0.15, 0.2) is 17.1 Å². The molecule has 6 rings (SSSR count). The maximum Gasteiger partial charge on any atom is 0.275 e. The van der Waals surface area contributed by atoms with Gasteiger partial charge in [-0.1, -0.05) is 30.3 Å². The number of benzene rings is 1. The monoisotopic (exact) mass is 417 g/mol. The fourth-order valence-electron chi connectivity index (χ4n) is 5.36. The highest BCUT2D eigenvalue weighted by Gasteiger charge is 2.61. The minimum atomic E-state index is -0.661. The molecule has 2 atom stereocenters. The van der Waals surface area contributed by atoms with Crippen LogP contribution in [-0.4, -0.2) is 67.8 Å². The molecule has 0 unspecified atom stereocenters. The van der Waals surface area contributed by atoms with Crippen LogP contribution in [0.2, 0.25) is 0 Å². The minimum Gasteiger partial charge on any atom is -0.353 e. The third-order valence-corrected chi connectivity index (χ3v) is 6.76. The Bertz CT molecular complexity index is 1180. The number of aromatic nitrogens is 3. The van der Waals surface area contributed by atoms with E-state index in [1.165, 1.54) is 0 Å². The summed E-state index contributed by atoms with van der Waals surface area (Å²) in [5.41, 5.74) is 1.50. The molecule has 31 heavy (non-hydrogen) atoms. The number of fused-ring (bicyclic) bond motifs is 1. The van der Waals surface area contributed by atoms with Crippen LogP contribution in [0.15, 0.2) is 48.7 Å². The van der Waals surface area contributed by atoms with Crippen molar-refractivity contribution in [2.24, 2.45) is 0 Å². The Labute approximate surface area is 179 Å². The molecular formula is C23H23N5O3. The number of carbonyl (C=O) groups excluding carboxylic acids is 2. The van der Waals surface area contributed by atoms with E-state index in [2.05, 4.69) is 10.1 Å². The van der Waals surface area contributed by atoms with Gasteiger partial charge in [0.05, 0.1) is 31.0 Å².